The zero-order chi connectivity index (χ0) is 19.9. The second-order valence-corrected chi connectivity index (χ2v) is 7.12. The van der Waals surface area contributed by atoms with Gasteiger partial charge in [0.1, 0.15) is 18.3 Å². The summed E-state index contributed by atoms with van der Waals surface area (Å²) >= 11 is 0. The Morgan fingerprint density at radius 3 is 2.62 bits per heavy atom. The molecule has 26 heavy (non-hydrogen) atoms. The lowest BCUT2D eigenvalue weighted by atomic mass is 10.1. The average molecular weight is 392 g/mol. The fraction of sp³-hybridized carbons (Fsp3) is 0.533. The second kappa shape index (κ2) is 9.98. The molecule has 0 aromatic carbocycles. The van der Waals surface area contributed by atoms with Crippen LogP contribution in [0.25, 0.3) is 0 Å². The molecule has 0 aliphatic carbocycles. The molecule has 1 heterocycles. The lowest BCUT2D eigenvalue weighted by Gasteiger charge is -2.18. The molecule has 1 amide bonds. The van der Waals surface area contributed by atoms with E-state index in [2.05, 4.69) is 11.9 Å². The maximum atomic E-state index is 11.6. The van der Waals surface area contributed by atoms with Crippen LogP contribution in [0.4, 0.5) is 0 Å². The topological polar surface area (TPSA) is 161 Å². The summed E-state index contributed by atoms with van der Waals surface area (Å²) in [5, 5.41) is 22.6. The molecule has 5 atom stereocenters. The number of phosphoric ester groups is 1. The summed E-state index contributed by atoms with van der Waals surface area (Å²) in [6.07, 6.45) is 0.274. The van der Waals surface area contributed by atoms with Crippen molar-refractivity contribution in [2.75, 3.05) is 6.61 Å². The fourth-order valence-corrected chi connectivity index (χ4v) is 2.97. The van der Waals surface area contributed by atoms with Gasteiger partial charge in [-0.15, -0.1) is 0 Å². The Labute approximate surface area is 151 Å². The summed E-state index contributed by atoms with van der Waals surface area (Å²) < 4.78 is 26.5. The zero-order valence-electron chi connectivity index (χ0n) is 14.5. The first-order valence-corrected chi connectivity index (χ1v) is 9.29. The number of ether oxygens (including phenoxy) is 1. The van der Waals surface area contributed by atoms with Crippen molar-refractivity contribution < 1.29 is 38.3 Å². The summed E-state index contributed by atoms with van der Waals surface area (Å²) in [4.78, 5) is 20.5. The number of primary amides is 1. The number of rotatable bonds is 10. The van der Waals surface area contributed by atoms with Gasteiger partial charge in [-0.3, -0.25) is 13.8 Å². The van der Waals surface area contributed by atoms with Gasteiger partial charge in [-0.05, 0) is 32.2 Å². The van der Waals surface area contributed by atoms with E-state index in [9.17, 15) is 24.5 Å². The van der Waals surface area contributed by atoms with E-state index in [-0.39, 0.29) is 5.57 Å². The molecule has 0 aromatic heterocycles. The highest BCUT2D eigenvalue weighted by molar-refractivity contribution is 7.47. The van der Waals surface area contributed by atoms with E-state index in [0.717, 1.165) is 0 Å². The summed E-state index contributed by atoms with van der Waals surface area (Å²) in [6.45, 7) is 6.11. The molecule has 0 spiro atoms. The molecule has 0 saturated carbocycles. The quantitative estimate of drug-likeness (QED) is 0.191. The maximum absolute atomic E-state index is 11.6. The SMILES string of the molecule is C=C/C(=C\C=C/NC1OC(COP(=O)(O)OC(C)C)[C@@H](O)[C@H]1O)C(N)=O. The zero-order valence-corrected chi connectivity index (χ0v) is 15.4. The van der Waals surface area contributed by atoms with Gasteiger partial charge in [0.15, 0.2) is 6.23 Å². The molecule has 1 aliphatic rings. The second-order valence-electron chi connectivity index (χ2n) is 5.71. The smallest absolute Gasteiger partial charge is 0.387 e. The van der Waals surface area contributed by atoms with Gasteiger partial charge in [-0.1, -0.05) is 12.7 Å². The van der Waals surface area contributed by atoms with Gasteiger partial charge in [0.05, 0.1) is 12.7 Å². The molecule has 0 aromatic rings. The third-order valence-corrected chi connectivity index (χ3v) is 4.41. The molecule has 1 rings (SSSR count). The summed E-state index contributed by atoms with van der Waals surface area (Å²) in [5.41, 5.74) is 5.30. The molecule has 6 N–H and O–H groups in total. The minimum absolute atomic E-state index is 0.186. The molecule has 10 nitrogen and oxygen atoms in total. The predicted molar refractivity (Wildman–Crippen MR) is 92.4 cm³/mol. The molecule has 1 fully saturated rings. The lowest BCUT2D eigenvalue weighted by molar-refractivity contribution is -0.114. The Morgan fingerprint density at radius 2 is 2.08 bits per heavy atom. The van der Waals surface area contributed by atoms with Crippen LogP contribution in [0.2, 0.25) is 0 Å². The number of aliphatic hydroxyl groups is 2. The number of amides is 1. The molecule has 3 unspecified atom stereocenters. The Balaban J connectivity index is 2.58. The van der Waals surface area contributed by atoms with Crippen LogP contribution < -0.4 is 11.1 Å². The minimum Gasteiger partial charge on any atom is -0.387 e. The summed E-state index contributed by atoms with van der Waals surface area (Å²) in [6, 6.07) is 0. The Hall–Kier alpha value is -1.52. The first kappa shape index (κ1) is 22.5. The van der Waals surface area contributed by atoms with Crippen LogP contribution in [-0.2, 0) is 23.1 Å². The van der Waals surface area contributed by atoms with Gasteiger partial charge in [0, 0.05) is 5.57 Å². The monoisotopic (exact) mass is 392 g/mol. The standard InChI is InChI=1S/C15H25N2O8P/c1-4-10(14(16)20)6-5-7-17-15-13(19)12(18)11(24-15)8-23-26(21,22)25-9(2)3/h4-7,9,11-13,15,17-19H,1,8H2,2-3H3,(H2,16,20)(H,21,22)/b7-5-,10-6+/t11?,12-,13-,15?/m1/s1. The van der Waals surface area contributed by atoms with E-state index in [1.54, 1.807) is 13.8 Å². The first-order valence-electron chi connectivity index (χ1n) is 7.80. The van der Waals surface area contributed by atoms with Crippen molar-refractivity contribution in [3.05, 3.63) is 36.6 Å². The molecular weight excluding hydrogens is 367 g/mol. The largest absolute Gasteiger partial charge is 0.472 e. The number of hydrogen-bond acceptors (Lipinski definition) is 8. The number of nitrogens with one attached hydrogen (secondary N) is 1. The van der Waals surface area contributed by atoms with Gasteiger partial charge in [-0.2, -0.15) is 0 Å². The predicted octanol–water partition coefficient (Wildman–Crippen LogP) is -0.324. The number of carbonyl (C=O) groups is 1. The van der Waals surface area contributed by atoms with Crippen molar-refractivity contribution >= 4 is 13.7 Å². The van der Waals surface area contributed by atoms with Crippen molar-refractivity contribution in [2.24, 2.45) is 5.73 Å². The number of nitrogens with two attached hydrogens (primary N) is 1. The van der Waals surface area contributed by atoms with E-state index < -0.39 is 51.0 Å². The number of hydrogen-bond donors (Lipinski definition) is 5. The van der Waals surface area contributed by atoms with Gasteiger partial charge in [0.25, 0.3) is 0 Å². The Kier molecular flexibility index (Phi) is 8.65. The van der Waals surface area contributed by atoms with Crippen LogP contribution in [0.15, 0.2) is 36.6 Å². The number of aliphatic hydroxyl groups excluding tert-OH is 2. The van der Waals surface area contributed by atoms with Crippen molar-refractivity contribution in [3.8, 4) is 0 Å². The van der Waals surface area contributed by atoms with Crippen molar-refractivity contribution in [3.63, 3.8) is 0 Å². The van der Waals surface area contributed by atoms with Crippen LogP contribution in [0.5, 0.6) is 0 Å². The third kappa shape index (κ3) is 7.00. The van der Waals surface area contributed by atoms with Crippen molar-refractivity contribution in [1.29, 1.82) is 0 Å². The highest BCUT2D eigenvalue weighted by Gasteiger charge is 2.43. The first-order chi connectivity index (χ1) is 12.1. The van der Waals surface area contributed by atoms with Gasteiger partial charge >= 0.3 is 7.82 Å². The molecule has 1 saturated heterocycles. The van der Waals surface area contributed by atoms with E-state index in [1.165, 1.54) is 24.4 Å². The average Bonchev–Trinajstić information content (AvgIpc) is 2.79. The molecule has 148 valence electrons. The molecule has 0 radical (unpaired) electrons. The molecule has 1 aliphatic heterocycles. The normalized spacial score (nSPS) is 29.1. The van der Waals surface area contributed by atoms with Crippen LogP contribution >= 0.6 is 7.82 Å². The van der Waals surface area contributed by atoms with Crippen LogP contribution in [0, 0.1) is 0 Å². The molecular formula is C15H25N2O8P. The Morgan fingerprint density at radius 1 is 1.42 bits per heavy atom. The fourth-order valence-electron chi connectivity index (χ4n) is 2.04. The molecule has 0 bridgehead atoms. The maximum Gasteiger partial charge on any atom is 0.472 e. The van der Waals surface area contributed by atoms with Crippen molar-refractivity contribution in [2.45, 2.75) is 44.5 Å². The number of phosphoric acid groups is 1. The molecule has 11 heteroatoms. The van der Waals surface area contributed by atoms with Crippen LogP contribution in [-0.4, -0.2) is 58.3 Å². The Bertz CT molecular complexity index is 606. The van der Waals surface area contributed by atoms with Gasteiger partial charge in [-0.25, -0.2) is 4.57 Å². The van der Waals surface area contributed by atoms with E-state index in [4.69, 9.17) is 19.5 Å². The van der Waals surface area contributed by atoms with E-state index in [1.807, 2.05) is 0 Å². The summed E-state index contributed by atoms with van der Waals surface area (Å²) in [7, 11) is -4.29. The lowest BCUT2D eigenvalue weighted by Crippen LogP contribution is -2.38. The van der Waals surface area contributed by atoms with Crippen molar-refractivity contribution in [1.82, 2.24) is 5.32 Å². The summed E-state index contributed by atoms with van der Waals surface area (Å²) in [5.74, 6) is -0.647. The highest BCUT2D eigenvalue weighted by atomic mass is 31.2. The number of allylic oxidation sites excluding steroid dienone is 2. The number of carbonyl (C=O) groups excluding carboxylic acids is 1. The van der Waals surface area contributed by atoms with Gasteiger partial charge in [0.2, 0.25) is 5.91 Å². The van der Waals surface area contributed by atoms with E-state index >= 15 is 0 Å². The third-order valence-electron chi connectivity index (χ3n) is 3.25. The van der Waals surface area contributed by atoms with Crippen LogP contribution in [0.3, 0.4) is 0 Å². The van der Waals surface area contributed by atoms with Gasteiger partial charge < -0.3 is 30.9 Å². The van der Waals surface area contributed by atoms with Crippen LogP contribution in [0.1, 0.15) is 13.8 Å². The van der Waals surface area contributed by atoms with E-state index in [0.29, 0.717) is 0 Å². The minimum atomic E-state index is -4.29. The highest BCUT2D eigenvalue weighted by Crippen LogP contribution is 2.45.